The van der Waals surface area contributed by atoms with E-state index in [1.165, 1.54) is 35.2 Å². The first-order chi connectivity index (χ1) is 13.5. The van der Waals surface area contributed by atoms with Gasteiger partial charge in [0, 0.05) is 0 Å². The third-order valence-corrected chi connectivity index (χ3v) is 7.06. The molecule has 0 bridgehead atoms. The molecule has 3 aromatic rings. The first-order valence-electron chi connectivity index (χ1n) is 8.57. The highest BCUT2D eigenvalue weighted by Crippen LogP contribution is 2.22. The standard InChI is InChI=1S/C19H20N2O4S3/c1-26-12-11-16(21-28(23,24)14-7-3-2-4-8-14)19(22)25-13-18-20-15-9-5-6-10-17(15)27-18/h2-10,16,21H,11-13H2,1H3. The Morgan fingerprint density at radius 2 is 1.89 bits per heavy atom. The molecule has 1 heterocycles. The van der Waals surface area contributed by atoms with Gasteiger partial charge in [-0.15, -0.1) is 11.3 Å². The number of carbonyl (C=O) groups excluding carboxylic acids is 1. The molecular weight excluding hydrogens is 416 g/mol. The topological polar surface area (TPSA) is 85.4 Å². The van der Waals surface area contributed by atoms with Crippen LogP contribution in [0, 0.1) is 0 Å². The third kappa shape index (κ3) is 5.32. The number of thiazole rings is 1. The summed E-state index contributed by atoms with van der Waals surface area (Å²) in [5.74, 6) is 0.0194. The fourth-order valence-electron chi connectivity index (χ4n) is 2.53. The maximum Gasteiger partial charge on any atom is 0.324 e. The number of rotatable bonds is 9. The smallest absolute Gasteiger partial charge is 0.324 e. The van der Waals surface area contributed by atoms with E-state index in [4.69, 9.17) is 4.74 Å². The fraction of sp³-hybridized carbons (Fsp3) is 0.263. The summed E-state index contributed by atoms with van der Waals surface area (Å²) >= 11 is 2.98. The second-order valence-electron chi connectivity index (χ2n) is 5.95. The molecule has 2 aromatic carbocycles. The van der Waals surface area contributed by atoms with Crippen molar-refractivity contribution in [3.05, 3.63) is 59.6 Å². The monoisotopic (exact) mass is 436 g/mol. The van der Waals surface area contributed by atoms with E-state index in [1.807, 2.05) is 30.5 Å². The molecule has 0 saturated carbocycles. The predicted molar refractivity (Wildman–Crippen MR) is 113 cm³/mol. The van der Waals surface area contributed by atoms with E-state index >= 15 is 0 Å². The second kappa shape index (κ2) is 9.51. The van der Waals surface area contributed by atoms with E-state index in [2.05, 4.69) is 9.71 Å². The average molecular weight is 437 g/mol. The Balaban J connectivity index is 1.68. The molecule has 0 amide bonds. The van der Waals surface area contributed by atoms with Gasteiger partial charge in [0.1, 0.15) is 17.7 Å². The number of para-hydroxylation sites is 1. The van der Waals surface area contributed by atoms with Gasteiger partial charge in [-0.1, -0.05) is 30.3 Å². The highest BCUT2D eigenvalue weighted by molar-refractivity contribution is 7.98. The summed E-state index contributed by atoms with van der Waals surface area (Å²) in [7, 11) is -3.81. The Bertz CT molecular complexity index is 1000. The minimum atomic E-state index is -3.81. The van der Waals surface area contributed by atoms with Gasteiger partial charge in [-0.05, 0) is 42.7 Å². The van der Waals surface area contributed by atoms with Gasteiger partial charge >= 0.3 is 5.97 Å². The number of nitrogens with zero attached hydrogens (tertiary/aromatic N) is 1. The van der Waals surface area contributed by atoms with Crippen LogP contribution in [0.3, 0.4) is 0 Å². The highest BCUT2D eigenvalue weighted by atomic mass is 32.2. The lowest BCUT2D eigenvalue weighted by Gasteiger charge is -2.17. The SMILES string of the molecule is CSCCC(NS(=O)(=O)c1ccccc1)C(=O)OCc1nc2ccccc2s1. The number of benzene rings is 2. The van der Waals surface area contributed by atoms with Crippen molar-refractivity contribution in [1.82, 2.24) is 9.71 Å². The van der Waals surface area contributed by atoms with Crippen molar-refractivity contribution in [3.8, 4) is 0 Å². The van der Waals surface area contributed by atoms with E-state index in [9.17, 15) is 13.2 Å². The van der Waals surface area contributed by atoms with Gasteiger partial charge in [-0.2, -0.15) is 16.5 Å². The van der Waals surface area contributed by atoms with Crippen LogP contribution in [0.2, 0.25) is 0 Å². The number of nitrogens with one attached hydrogen (secondary N) is 1. The molecule has 1 N–H and O–H groups in total. The van der Waals surface area contributed by atoms with Gasteiger partial charge in [0.15, 0.2) is 0 Å². The molecule has 0 fully saturated rings. The molecule has 0 aliphatic carbocycles. The van der Waals surface area contributed by atoms with Crippen LogP contribution in [-0.2, 0) is 26.2 Å². The van der Waals surface area contributed by atoms with E-state index in [0.29, 0.717) is 17.2 Å². The molecule has 3 rings (SSSR count). The molecule has 0 spiro atoms. The van der Waals surface area contributed by atoms with Crippen molar-refractivity contribution < 1.29 is 17.9 Å². The van der Waals surface area contributed by atoms with Crippen LogP contribution in [-0.4, -0.2) is 37.4 Å². The molecule has 0 saturated heterocycles. The average Bonchev–Trinajstić information content (AvgIpc) is 3.13. The number of thioether (sulfide) groups is 1. The van der Waals surface area contributed by atoms with Crippen LogP contribution in [0.15, 0.2) is 59.5 Å². The van der Waals surface area contributed by atoms with E-state index in [-0.39, 0.29) is 11.5 Å². The normalized spacial score (nSPS) is 12.8. The Hall–Kier alpha value is -1.94. The summed E-state index contributed by atoms with van der Waals surface area (Å²) in [5.41, 5.74) is 0.849. The van der Waals surface area contributed by atoms with Crippen molar-refractivity contribution in [1.29, 1.82) is 0 Å². The Morgan fingerprint density at radius 3 is 2.61 bits per heavy atom. The van der Waals surface area contributed by atoms with Crippen LogP contribution in [0.4, 0.5) is 0 Å². The number of ether oxygens (including phenoxy) is 1. The molecule has 1 aromatic heterocycles. The van der Waals surface area contributed by atoms with Crippen molar-refractivity contribution in [2.75, 3.05) is 12.0 Å². The summed E-state index contributed by atoms with van der Waals surface area (Å²) in [6, 6.07) is 14.7. The second-order valence-corrected chi connectivity index (χ2v) is 9.77. The van der Waals surface area contributed by atoms with Crippen LogP contribution < -0.4 is 4.72 Å². The first-order valence-corrected chi connectivity index (χ1v) is 12.3. The molecular formula is C19H20N2O4S3. The molecule has 28 heavy (non-hydrogen) atoms. The number of hydrogen-bond acceptors (Lipinski definition) is 7. The van der Waals surface area contributed by atoms with Crippen LogP contribution in [0.1, 0.15) is 11.4 Å². The van der Waals surface area contributed by atoms with Crippen molar-refractivity contribution in [3.63, 3.8) is 0 Å². The number of esters is 1. The molecule has 6 nitrogen and oxygen atoms in total. The molecule has 0 aliphatic rings. The molecule has 0 aliphatic heterocycles. The first kappa shape index (κ1) is 20.8. The van der Waals surface area contributed by atoms with Crippen LogP contribution in [0.25, 0.3) is 10.2 Å². The quantitative estimate of drug-likeness (QED) is 0.517. The minimum Gasteiger partial charge on any atom is -0.457 e. The van der Waals surface area contributed by atoms with E-state index in [1.54, 1.807) is 18.2 Å². The predicted octanol–water partition coefficient (Wildman–Crippen LogP) is 3.44. The van der Waals surface area contributed by atoms with Crippen molar-refractivity contribution in [2.24, 2.45) is 0 Å². The zero-order valence-electron chi connectivity index (χ0n) is 15.2. The highest BCUT2D eigenvalue weighted by Gasteiger charge is 2.27. The zero-order valence-corrected chi connectivity index (χ0v) is 17.6. The zero-order chi connectivity index (χ0) is 20.0. The lowest BCUT2D eigenvalue weighted by Crippen LogP contribution is -2.42. The summed E-state index contributed by atoms with van der Waals surface area (Å²) in [6.45, 7) is 0.0149. The lowest BCUT2D eigenvalue weighted by atomic mass is 10.2. The minimum absolute atomic E-state index is 0.0149. The Kier molecular flexibility index (Phi) is 7.06. The lowest BCUT2D eigenvalue weighted by molar-refractivity contribution is -0.147. The summed E-state index contributed by atoms with van der Waals surface area (Å²) < 4.78 is 34.0. The Labute approximate surface area is 172 Å². The van der Waals surface area contributed by atoms with Crippen LogP contribution >= 0.6 is 23.1 Å². The van der Waals surface area contributed by atoms with Crippen LogP contribution in [0.5, 0.6) is 0 Å². The molecule has 0 radical (unpaired) electrons. The van der Waals surface area contributed by atoms with E-state index < -0.39 is 22.0 Å². The summed E-state index contributed by atoms with van der Waals surface area (Å²) in [6.07, 6.45) is 2.24. The van der Waals surface area contributed by atoms with Gasteiger partial charge in [0.05, 0.1) is 15.1 Å². The Morgan fingerprint density at radius 1 is 1.18 bits per heavy atom. The number of aromatic nitrogens is 1. The largest absolute Gasteiger partial charge is 0.457 e. The third-order valence-electron chi connectivity index (χ3n) is 3.92. The molecule has 1 unspecified atom stereocenters. The molecule has 9 heteroatoms. The molecule has 1 atom stereocenters. The maximum absolute atomic E-state index is 12.6. The van der Waals surface area contributed by atoms with Crippen molar-refractivity contribution >= 4 is 49.3 Å². The van der Waals surface area contributed by atoms with Gasteiger partial charge in [-0.3, -0.25) is 4.79 Å². The maximum atomic E-state index is 12.6. The summed E-state index contributed by atoms with van der Waals surface area (Å²) in [5, 5.41) is 0.670. The number of carbonyl (C=O) groups is 1. The molecule has 148 valence electrons. The van der Waals surface area contributed by atoms with Gasteiger partial charge < -0.3 is 4.74 Å². The van der Waals surface area contributed by atoms with Gasteiger partial charge in [-0.25, -0.2) is 13.4 Å². The number of sulfonamides is 1. The summed E-state index contributed by atoms with van der Waals surface area (Å²) in [4.78, 5) is 17.1. The van der Waals surface area contributed by atoms with E-state index in [0.717, 1.165) is 10.2 Å². The van der Waals surface area contributed by atoms with Gasteiger partial charge in [0.25, 0.3) is 0 Å². The van der Waals surface area contributed by atoms with Gasteiger partial charge in [0.2, 0.25) is 10.0 Å². The number of fused-ring (bicyclic) bond motifs is 1. The fourth-order valence-corrected chi connectivity index (χ4v) is 5.12. The van der Waals surface area contributed by atoms with Crippen molar-refractivity contribution in [2.45, 2.75) is 24.0 Å². The number of hydrogen-bond donors (Lipinski definition) is 1.